The third-order valence-corrected chi connectivity index (χ3v) is 2.34. The minimum atomic E-state index is -0.542. The fourth-order valence-corrected chi connectivity index (χ4v) is 1.37. The zero-order valence-corrected chi connectivity index (χ0v) is 8.37. The molecular formula is C7H7BrN2O3. The number of nitrogens with zero attached hydrogens (tertiary/aromatic N) is 1. The molecule has 0 aliphatic carbocycles. The van der Waals surface area contributed by atoms with Gasteiger partial charge in [-0.15, -0.1) is 0 Å². The number of nitro groups is 1. The van der Waals surface area contributed by atoms with Gasteiger partial charge in [-0.1, -0.05) is 0 Å². The molecular weight excluding hydrogens is 240 g/mol. The van der Waals surface area contributed by atoms with Crippen LogP contribution in [0, 0.1) is 10.1 Å². The highest BCUT2D eigenvalue weighted by molar-refractivity contribution is 9.10. The van der Waals surface area contributed by atoms with Crippen LogP contribution in [0.3, 0.4) is 0 Å². The van der Waals surface area contributed by atoms with Gasteiger partial charge in [-0.2, -0.15) is 0 Å². The lowest BCUT2D eigenvalue weighted by Crippen LogP contribution is -1.97. The number of ether oxygens (including phenoxy) is 1. The number of nitrogens with two attached hydrogens (primary N) is 1. The molecule has 70 valence electrons. The summed E-state index contributed by atoms with van der Waals surface area (Å²) in [5.41, 5.74) is 5.64. The monoisotopic (exact) mass is 246 g/mol. The van der Waals surface area contributed by atoms with E-state index in [2.05, 4.69) is 15.9 Å². The van der Waals surface area contributed by atoms with Gasteiger partial charge in [0.2, 0.25) is 0 Å². The van der Waals surface area contributed by atoms with Crippen molar-refractivity contribution in [3.05, 3.63) is 26.7 Å². The van der Waals surface area contributed by atoms with Crippen molar-refractivity contribution in [2.45, 2.75) is 0 Å². The van der Waals surface area contributed by atoms with E-state index in [-0.39, 0.29) is 15.9 Å². The van der Waals surface area contributed by atoms with Crippen LogP contribution >= 0.6 is 15.9 Å². The number of methoxy groups -OCH3 is 1. The maximum atomic E-state index is 10.6. The summed E-state index contributed by atoms with van der Waals surface area (Å²) < 4.78 is 5.06. The number of rotatable bonds is 2. The molecule has 0 radical (unpaired) electrons. The molecule has 0 aliphatic heterocycles. The van der Waals surface area contributed by atoms with Crippen LogP contribution in [0.2, 0.25) is 0 Å². The Hall–Kier alpha value is -1.30. The molecule has 2 N–H and O–H groups in total. The second-order valence-electron chi connectivity index (χ2n) is 2.28. The lowest BCUT2D eigenvalue weighted by molar-refractivity contribution is -0.386. The average Bonchev–Trinajstić information content (AvgIpc) is 2.08. The molecule has 0 spiro atoms. The van der Waals surface area contributed by atoms with Crippen molar-refractivity contribution in [3.63, 3.8) is 0 Å². The van der Waals surface area contributed by atoms with Gasteiger partial charge in [-0.25, -0.2) is 0 Å². The number of benzene rings is 1. The summed E-state index contributed by atoms with van der Waals surface area (Å²) in [6.07, 6.45) is 0. The normalized spacial score (nSPS) is 9.69. The minimum Gasteiger partial charge on any atom is -0.490 e. The second-order valence-corrected chi connectivity index (χ2v) is 3.07. The Labute approximate surface area is 82.8 Å². The number of hydrogen-bond donors (Lipinski definition) is 1. The Morgan fingerprint density at radius 2 is 2.23 bits per heavy atom. The van der Waals surface area contributed by atoms with Crippen LogP contribution < -0.4 is 10.5 Å². The Bertz CT molecular complexity index is 354. The summed E-state index contributed by atoms with van der Waals surface area (Å²) in [4.78, 5) is 10.1. The predicted octanol–water partition coefficient (Wildman–Crippen LogP) is 1.95. The van der Waals surface area contributed by atoms with E-state index < -0.39 is 4.92 Å². The van der Waals surface area contributed by atoms with Crippen molar-refractivity contribution >= 4 is 27.3 Å². The molecule has 1 rings (SSSR count). The number of nitro benzene ring substituents is 1. The SMILES string of the molecule is COc1ccc(N)c(Br)c1[N+](=O)[O-]. The molecule has 13 heavy (non-hydrogen) atoms. The molecule has 0 heterocycles. The molecule has 0 aromatic heterocycles. The Balaban J connectivity index is 3.41. The lowest BCUT2D eigenvalue weighted by atomic mass is 10.2. The van der Waals surface area contributed by atoms with E-state index in [1.807, 2.05) is 0 Å². The van der Waals surface area contributed by atoms with Gasteiger partial charge < -0.3 is 10.5 Å². The van der Waals surface area contributed by atoms with Crippen LogP contribution in [0.5, 0.6) is 5.75 Å². The van der Waals surface area contributed by atoms with Crippen LogP contribution in [0.15, 0.2) is 16.6 Å². The fraction of sp³-hybridized carbons (Fsp3) is 0.143. The third-order valence-electron chi connectivity index (χ3n) is 1.51. The summed E-state index contributed by atoms with van der Waals surface area (Å²) in [5.74, 6) is 0.186. The van der Waals surface area contributed by atoms with Crippen molar-refractivity contribution in [2.24, 2.45) is 0 Å². The minimum absolute atomic E-state index is 0.150. The van der Waals surface area contributed by atoms with E-state index in [1.165, 1.54) is 19.2 Å². The highest BCUT2D eigenvalue weighted by atomic mass is 79.9. The van der Waals surface area contributed by atoms with Gasteiger partial charge in [0.25, 0.3) is 0 Å². The molecule has 0 bridgehead atoms. The number of halogens is 1. The van der Waals surface area contributed by atoms with Crippen LogP contribution in [0.4, 0.5) is 11.4 Å². The average molecular weight is 247 g/mol. The molecule has 0 aliphatic rings. The first-order chi connectivity index (χ1) is 6.07. The Morgan fingerprint density at radius 1 is 1.62 bits per heavy atom. The van der Waals surface area contributed by atoms with E-state index >= 15 is 0 Å². The summed E-state index contributed by atoms with van der Waals surface area (Å²) in [5, 5.41) is 10.6. The molecule has 6 heteroatoms. The number of nitrogen functional groups attached to an aromatic ring is 1. The van der Waals surface area contributed by atoms with E-state index in [1.54, 1.807) is 0 Å². The molecule has 0 fully saturated rings. The Morgan fingerprint density at radius 3 is 2.69 bits per heavy atom. The molecule has 0 amide bonds. The van der Waals surface area contributed by atoms with Gasteiger partial charge in [0.1, 0.15) is 4.47 Å². The maximum absolute atomic E-state index is 10.6. The predicted molar refractivity (Wildman–Crippen MR) is 51.8 cm³/mol. The van der Waals surface area contributed by atoms with Crippen molar-refractivity contribution in [3.8, 4) is 5.75 Å². The van der Waals surface area contributed by atoms with Gasteiger partial charge in [0.15, 0.2) is 5.75 Å². The van der Waals surface area contributed by atoms with E-state index in [4.69, 9.17) is 10.5 Å². The highest BCUT2D eigenvalue weighted by Gasteiger charge is 2.20. The van der Waals surface area contributed by atoms with E-state index in [0.717, 1.165) is 0 Å². The van der Waals surface area contributed by atoms with Gasteiger partial charge in [-0.05, 0) is 28.1 Å². The molecule has 1 aromatic carbocycles. The second kappa shape index (κ2) is 3.61. The van der Waals surface area contributed by atoms with Crippen LogP contribution in [-0.2, 0) is 0 Å². The summed E-state index contributed by atoms with van der Waals surface area (Å²) >= 11 is 3.03. The quantitative estimate of drug-likeness (QED) is 0.492. The van der Waals surface area contributed by atoms with Crippen LogP contribution in [0.1, 0.15) is 0 Å². The summed E-state index contributed by atoms with van der Waals surface area (Å²) in [6, 6.07) is 2.99. The number of anilines is 1. The van der Waals surface area contributed by atoms with Gasteiger partial charge in [-0.3, -0.25) is 10.1 Å². The third kappa shape index (κ3) is 1.72. The summed E-state index contributed by atoms with van der Waals surface area (Å²) in [7, 11) is 1.37. The van der Waals surface area contributed by atoms with Gasteiger partial charge in [0.05, 0.1) is 17.7 Å². The fourth-order valence-electron chi connectivity index (χ4n) is 0.897. The standard InChI is InChI=1S/C7H7BrN2O3/c1-13-5-3-2-4(9)6(8)7(5)10(11)12/h2-3H,9H2,1H3. The first-order valence-corrected chi connectivity index (χ1v) is 4.13. The van der Waals surface area contributed by atoms with Crippen LogP contribution in [0.25, 0.3) is 0 Å². The van der Waals surface area contributed by atoms with E-state index in [0.29, 0.717) is 5.69 Å². The van der Waals surface area contributed by atoms with Crippen molar-refractivity contribution in [2.75, 3.05) is 12.8 Å². The zero-order valence-electron chi connectivity index (χ0n) is 6.78. The van der Waals surface area contributed by atoms with Crippen molar-refractivity contribution in [1.82, 2.24) is 0 Å². The van der Waals surface area contributed by atoms with Gasteiger partial charge in [0, 0.05) is 0 Å². The molecule has 1 aromatic rings. The molecule has 0 saturated heterocycles. The lowest BCUT2D eigenvalue weighted by Gasteiger charge is -2.04. The van der Waals surface area contributed by atoms with Crippen molar-refractivity contribution in [1.29, 1.82) is 0 Å². The van der Waals surface area contributed by atoms with Crippen LogP contribution in [-0.4, -0.2) is 12.0 Å². The molecule has 0 atom stereocenters. The summed E-state index contributed by atoms with van der Waals surface area (Å²) in [6.45, 7) is 0. The number of hydrogen-bond acceptors (Lipinski definition) is 4. The van der Waals surface area contributed by atoms with Gasteiger partial charge >= 0.3 is 5.69 Å². The highest BCUT2D eigenvalue weighted by Crippen LogP contribution is 2.38. The first-order valence-electron chi connectivity index (χ1n) is 3.34. The van der Waals surface area contributed by atoms with Crippen molar-refractivity contribution < 1.29 is 9.66 Å². The molecule has 0 unspecified atom stereocenters. The topological polar surface area (TPSA) is 78.4 Å². The molecule has 0 saturated carbocycles. The largest absolute Gasteiger partial charge is 0.490 e. The van der Waals surface area contributed by atoms with E-state index in [9.17, 15) is 10.1 Å². The zero-order chi connectivity index (χ0) is 10.0. The molecule has 5 nitrogen and oxygen atoms in total. The first kappa shape index (κ1) is 9.79. The maximum Gasteiger partial charge on any atom is 0.327 e. The smallest absolute Gasteiger partial charge is 0.327 e. The Kier molecular flexibility index (Phi) is 2.72.